The molecule has 1 saturated heterocycles. The molecule has 6 nitrogen and oxygen atoms in total. The van der Waals surface area contributed by atoms with E-state index in [1.165, 1.54) is 0 Å². The van der Waals surface area contributed by atoms with Crippen molar-refractivity contribution in [3.63, 3.8) is 0 Å². The first-order valence-corrected chi connectivity index (χ1v) is 9.91. The number of amides is 1. The highest BCUT2D eigenvalue weighted by Crippen LogP contribution is 2.34. The van der Waals surface area contributed by atoms with Crippen LogP contribution in [0.15, 0.2) is 23.4 Å². The predicted octanol–water partition coefficient (Wildman–Crippen LogP) is 4.17. The number of hydrogen-bond acceptors (Lipinski definition) is 5. The summed E-state index contributed by atoms with van der Waals surface area (Å²) >= 11 is 7.05. The Bertz CT molecular complexity index is 853. The van der Waals surface area contributed by atoms with Gasteiger partial charge in [-0.1, -0.05) is 23.4 Å². The van der Waals surface area contributed by atoms with E-state index in [1.54, 1.807) is 0 Å². The molecular formula is C17H18ClF3N4O2S. The molecule has 0 spiro atoms. The van der Waals surface area contributed by atoms with Crippen molar-refractivity contribution >= 4 is 35.0 Å². The molecule has 1 fully saturated rings. The summed E-state index contributed by atoms with van der Waals surface area (Å²) in [7, 11) is 0. The van der Waals surface area contributed by atoms with Crippen LogP contribution in [-0.4, -0.2) is 39.1 Å². The van der Waals surface area contributed by atoms with Gasteiger partial charge in [-0.25, -0.2) is 0 Å². The van der Waals surface area contributed by atoms with E-state index in [1.807, 2.05) is 11.5 Å². The molecule has 152 valence electrons. The molecule has 1 aliphatic rings. The summed E-state index contributed by atoms with van der Waals surface area (Å²) in [4.78, 5) is 12.2. The smallest absolute Gasteiger partial charge is 0.376 e. The van der Waals surface area contributed by atoms with E-state index >= 15 is 0 Å². The van der Waals surface area contributed by atoms with Gasteiger partial charge >= 0.3 is 6.18 Å². The van der Waals surface area contributed by atoms with Crippen LogP contribution in [0.1, 0.15) is 24.2 Å². The SMILES string of the molecule is Cc1nnc(SCC(=O)Nc2cc(C(F)(F)F)ccc2Cl)n1C[C@H]1CCCO1. The zero-order valence-electron chi connectivity index (χ0n) is 14.9. The van der Waals surface area contributed by atoms with E-state index in [2.05, 4.69) is 15.5 Å². The molecule has 1 atom stereocenters. The van der Waals surface area contributed by atoms with Gasteiger partial charge < -0.3 is 14.6 Å². The summed E-state index contributed by atoms with van der Waals surface area (Å²) in [5, 5.41) is 11.1. The topological polar surface area (TPSA) is 69.0 Å². The number of nitrogens with one attached hydrogen (secondary N) is 1. The zero-order chi connectivity index (χ0) is 20.3. The second-order valence-electron chi connectivity index (χ2n) is 6.30. The Labute approximate surface area is 168 Å². The first-order valence-electron chi connectivity index (χ1n) is 8.55. The third-order valence-corrected chi connectivity index (χ3v) is 5.51. The maximum Gasteiger partial charge on any atom is 0.416 e. The Morgan fingerprint density at radius 1 is 1.43 bits per heavy atom. The average Bonchev–Trinajstić information content (AvgIpc) is 3.25. The standard InChI is InChI=1S/C17H18ClF3N4O2S/c1-10-23-24-16(25(10)8-12-3-2-6-27-12)28-9-15(26)22-14-7-11(17(19,20)21)4-5-13(14)18/h4-5,7,12H,2-3,6,8-9H2,1H3,(H,22,26)/t12-/m1/s1. The van der Waals surface area contributed by atoms with Crippen LogP contribution in [0.4, 0.5) is 18.9 Å². The summed E-state index contributed by atoms with van der Waals surface area (Å²) in [5.41, 5.74) is -0.967. The van der Waals surface area contributed by atoms with Crippen molar-refractivity contribution in [3.8, 4) is 0 Å². The first kappa shape index (κ1) is 20.9. The third-order valence-electron chi connectivity index (χ3n) is 4.21. The van der Waals surface area contributed by atoms with Gasteiger partial charge in [0.2, 0.25) is 5.91 Å². The van der Waals surface area contributed by atoms with Gasteiger partial charge in [-0.2, -0.15) is 13.2 Å². The van der Waals surface area contributed by atoms with Crippen LogP contribution in [0.2, 0.25) is 5.02 Å². The second-order valence-corrected chi connectivity index (χ2v) is 7.65. The fraction of sp³-hybridized carbons (Fsp3) is 0.471. The molecule has 1 amide bonds. The molecule has 3 rings (SSSR count). The number of carbonyl (C=O) groups excluding carboxylic acids is 1. The summed E-state index contributed by atoms with van der Waals surface area (Å²) in [6.45, 7) is 3.14. The zero-order valence-corrected chi connectivity index (χ0v) is 16.5. The van der Waals surface area contributed by atoms with Crippen molar-refractivity contribution in [3.05, 3.63) is 34.6 Å². The average molecular weight is 435 g/mol. The summed E-state index contributed by atoms with van der Waals surface area (Å²) < 4.78 is 46.0. The fourth-order valence-electron chi connectivity index (χ4n) is 2.78. The van der Waals surface area contributed by atoms with Crippen molar-refractivity contribution in [1.29, 1.82) is 0 Å². The van der Waals surface area contributed by atoms with Crippen LogP contribution >= 0.6 is 23.4 Å². The molecule has 1 aromatic carbocycles. The maximum atomic E-state index is 12.8. The van der Waals surface area contributed by atoms with E-state index in [-0.39, 0.29) is 22.6 Å². The molecular weight excluding hydrogens is 417 g/mol. The molecule has 2 aromatic rings. The number of aryl methyl sites for hydroxylation is 1. The van der Waals surface area contributed by atoms with Gasteiger partial charge in [0.15, 0.2) is 5.16 Å². The number of aromatic nitrogens is 3. The highest BCUT2D eigenvalue weighted by atomic mass is 35.5. The van der Waals surface area contributed by atoms with Gasteiger partial charge in [-0.3, -0.25) is 4.79 Å². The molecule has 1 aliphatic heterocycles. The molecule has 1 aromatic heterocycles. The van der Waals surface area contributed by atoms with Crippen molar-refractivity contribution in [2.75, 3.05) is 17.7 Å². The van der Waals surface area contributed by atoms with Gasteiger partial charge in [0.1, 0.15) is 5.82 Å². The summed E-state index contributed by atoms with van der Waals surface area (Å²) in [6.07, 6.45) is -2.47. The molecule has 11 heteroatoms. The molecule has 0 bridgehead atoms. The van der Waals surface area contributed by atoms with Crippen molar-refractivity contribution in [2.24, 2.45) is 0 Å². The fourth-order valence-corrected chi connectivity index (χ4v) is 3.74. The lowest BCUT2D eigenvalue weighted by atomic mass is 10.2. The minimum atomic E-state index is -4.52. The van der Waals surface area contributed by atoms with E-state index < -0.39 is 17.6 Å². The lowest BCUT2D eigenvalue weighted by Gasteiger charge is -2.14. The number of benzene rings is 1. The summed E-state index contributed by atoms with van der Waals surface area (Å²) in [5.74, 6) is 0.172. The van der Waals surface area contributed by atoms with Gasteiger partial charge in [-0.15, -0.1) is 10.2 Å². The minimum absolute atomic E-state index is 0.0312. The van der Waals surface area contributed by atoms with E-state index in [0.29, 0.717) is 17.5 Å². The molecule has 0 radical (unpaired) electrons. The molecule has 1 N–H and O–H groups in total. The molecule has 28 heavy (non-hydrogen) atoms. The second kappa shape index (κ2) is 8.71. The normalized spacial score (nSPS) is 17.1. The maximum absolute atomic E-state index is 12.8. The number of carbonyl (C=O) groups is 1. The van der Waals surface area contributed by atoms with Crippen LogP contribution in [0.5, 0.6) is 0 Å². The number of rotatable bonds is 6. The van der Waals surface area contributed by atoms with Crippen LogP contribution in [0.25, 0.3) is 0 Å². The van der Waals surface area contributed by atoms with Gasteiger partial charge in [0, 0.05) is 6.61 Å². The van der Waals surface area contributed by atoms with Crippen LogP contribution in [-0.2, 0) is 22.3 Å². The molecule has 0 aliphatic carbocycles. The van der Waals surface area contributed by atoms with Crippen LogP contribution in [0, 0.1) is 6.92 Å². The van der Waals surface area contributed by atoms with Crippen LogP contribution < -0.4 is 5.32 Å². The third kappa shape index (κ3) is 5.18. The number of hydrogen-bond donors (Lipinski definition) is 1. The molecule has 0 saturated carbocycles. The monoisotopic (exact) mass is 434 g/mol. The lowest BCUT2D eigenvalue weighted by molar-refractivity contribution is -0.137. The van der Waals surface area contributed by atoms with Gasteiger partial charge in [0.25, 0.3) is 0 Å². The van der Waals surface area contributed by atoms with E-state index in [0.717, 1.165) is 49.4 Å². The summed E-state index contributed by atoms with van der Waals surface area (Å²) in [6, 6.07) is 2.78. The molecule has 0 unspecified atom stereocenters. The number of ether oxygens (including phenoxy) is 1. The minimum Gasteiger partial charge on any atom is -0.376 e. The van der Waals surface area contributed by atoms with E-state index in [9.17, 15) is 18.0 Å². The van der Waals surface area contributed by atoms with Gasteiger partial charge in [0.05, 0.1) is 34.7 Å². The Kier molecular flexibility index (Phi) is 6.51. The highest BCUT2D eigenvalue weighted by Gasteiger charge is 2.31. The Morgan fingerprint density at radius 3 is 2.89 bits per heavy atom. The number of anilines is 1. The Balaban J connectivity index is 1.62. The highest BCUT2D eigenvalue weighted by molar-refractivity contribution is 7.99. The largest absolute Gasteiger partial charge is 0.416 e. The number of alkyl halides is 3. The van der Waals surface area contributed by atoms with Crippen molar-refractivity contribution < 1.29 is 22.7 Å². The van der Waals surface area contributed by atoms with Gasteiger partial charge in [-0.05, 0) is 38.0 Å². The van der Waals surface area contributed by atoms with Crippen LogP contribution in [0.3, 0.4) is 0 Å². The lowest BCUT2D eigenvalue weighted by Crippen LogP contribution is -2.18. The Hall–Kier alpha value is -1.78. The molecule has 2 heterocycles. The predicted molar refractivity (Wildman–Crippen MR) is 99.5 cm³/mol. The van der Waals surface area contributed by atoms with E-state index in [4.69, 9.17) is 16.3 Å². The quantitative estimate of drug-likeness (QED) is 0.691. The van der Waals surface area contributed by atoms with Crippen molar-refractivity contribution in [2.45, 2.75) is 43.7 Å². The first-order chi connectivity index (χ1) is 13.2. The number of thioether (sulfide) groups is 1. The Morgan fingerprint density at radius 2 is 2.21 bits per heavy atom. The number of halogens is 4. The number of nitrogens with zero attached hydrogens (tertiary/aromatic N) is 3. The van der Waals surface area contributed by atoms with Crippen molar-refractivity contribution in [1.82, 2.24) is 14.8 Å².